The number of furan rings is 1. The Bertz CT molecular complexity index is 1480. The summed E-state index contributed by atoms with van der Waals surface area (Å²) in [5.41, 5.74) is 1.71. The average molecular weight is 716 g/mol. The van der Waals surface area contributed by atoms with E-state index in [1.807, 2.05) is 29.1 Å². The van der Waals surface area contributed by atoms with E-state index in [1.165, 1.54) is 0 Å². The topological polar surface area (TPSA) is 199 Å². The van der Waals surface area contributed by atoms with E-state index in [4.69, 9.17) is 4.42 Å². The maximum atomic E-state index is 11.2. The molecule has 2 aromatic rings. The Balaban J connectivity index is 1.53. The minimum atomic E-state index is -1.04. The number of carbonyl (C=O) groups is 2. The van der Waals surface area contributed by atoms with Crippen molar-refractivity contribution in [3.05, 3.63) is 35.6 Å². The molecule has 1 aliphatic heterocycles. The number of nitrogens with zero attached hydrogens (tertiary/aromatic N) is 6. The predicted octanol–water partition coefficient (Wildman–Crippen LogP) is 0.178. The first-order valence-electron chi connectivity index (χ1n) is 18.6. The third-order valence-corrected chi connectivity index (χ3v) is 8.60. The second kappa shape index (κ2) is 23.1. The first kappa shape index (κ1) is 42.7. The van der Waals surface area contributed by atoms with Gasteiger partial charge in [0.15, 0.2) is 11.9 Å². The third-order valence-electron chi connectivity index (χ3n) is 8.60. The second-order valence-corrected chi connectivity index (χ2v) is 13.2. The van der Waals surface area contributed by atoms with E-state index in [-0.39, 0.29) is 7.41 Å². The quantitative estimate of drug-likeness (QED) is 0.0318. The van der Waals surface area contributed by atoms with E-state index in [0.717, 1.165) is 92.3 Å². The van der Waals surface area contributed by atoms with Crippen molar-refractivity contribution in [1.82, 2.24) is 25.0 Å². The Morgan fingerprint density at radius 2 is 1.65 bits per heavy atom. The lowest BCUT2D eigenvalue weighted by Gasteiger charge is -2.37. The van der Waals surface area contributed by atoms with Crippen molar-refractivity contribution < 1.29 is 34.1 Å². The smallest absolute Gasteiger partial charge is 0.431 e. The number of unbranched alkanes of at least 4 members (excludes halogenated alkanes) is 5. The summed E-state index contributed by atoms with van der Waals surface area (Å²) in [6.45, 7) is 9.54. The molecule has 15 nitrogen and oxygen atoms in total. The van der Waals surface area contributed by atoms with Gasteiger partial charge in [0.05, 0.1) is 0 Å². The van der Waals surface area contributed by atoms with Gasteiger partial charge in [0.2, 0.25) is 0 Å². The molecule has 0 atom stereocenters. The van der Waals surface area contributed by atoms with Crippen LogP contribution in [0.3, 0.4) is 0 Å². The van der Waals surface area contributed by atoms with Gasteiger partial charge in [0.1, 0.15) is 29.5 Å². The van der Waals surface area contributed by atoms with Crippen LogP contribution in [0.4, 0.5) is 0 Å². The SMILES string of the molecule is CB(O)/N=C(\N(CCCCCCCCN/C(=N\BC=O)NB(C)O)B(C)O)N(CCCc1cc2cc(C3=NCCCN3BC=O)ccc2o1)B(C)O. The predicted molar refractivity (Wildman–Crippen MR) is 218 cm³/mol. The van der Waals surface area contributed by atoms with Crippen LogP contribution in [0.15, 0.2) is 43.5 Å². The number of amidine groups is 1. The van der Waals surface area contributed by atoms with Crippen LogP contribution in [0.2, 0.25) is 27.3 Å². The van der Waals surface area contributed by atoms with Crippen LogP contribution < -0.4 is 10.5 Å². The molecule has 278 valence electrons. The molecular weight excluding hydrogens is 661 g/mol. The lowest BCUT2D eigenvalue weighted by Crippen LogP contribution is -2.56. The molecule has 1 aromatic carbocycles. The van der Waals surface area contributed by atoms with Gasteiger partial charge in [0.25, 0.3) is 0 Å². The fraction of sp³-hybridized carbons (Fsp3) is 0.581. The van der Waals surface area contributed by atoms with Crippen molar-refractivity contribution in [2.45, 2.75) is 85.1 Å². The molecule has 0 saturated heterocycles. The zero-order valence-electron chi connectivity index (χ0n) is 31.3. The Morgan fingerprint density at radius 3 is 2.31 bits per heavy atom. The summed E-state index contributed by atoms with van der Waals surface area (Å²) in [5, 5.41) is 48.3. The number of guanidine groups is 2. The number of carbonyl (C=O) groups excluding carboxylic acids is 2. The summed E-state index contributed by atoms with van der Waals surface area (Å²) in [5.74, 6) is 2.37. The summed E-state index contributed by atoms with van der Waals surface area (Å²) in [6.07, 6.45) is 9.39. The van der Waals surface area contributed by atoms with Crippen molar-refractivity contribution in [3.8, 4) is 0 Å². The van der Waals surface area contributed by atoms with Gasteiger partial charge < -0.3 is 64.0 Å². The van der Waals surface area contributed by atoms with Gasteiger partial charge in [-0.3, -0.25) is 9.90 Å². The van der Waals surface area contributed by atoms with Crippen molar-refractivity contribution in [2.75, 3.05) is 32.7 Å². The number of nitrogens with one attached hydrogen (secondary N) is 2. The van der Waals surface area contributed by atoms with Gasteiger partial charge in [0, 0.05) is 50.1 Å². The van der Waals surface area contributed by atoms with Gasteiger partial charge in [-0.05, 0) is 77.2 Å². The summed E-state index contributed by atoms with van der Waals surface area (Å²) >= 11 is 0. The molecule has 0 amide bonds. The van der Waals surface area contributed by atoms with Gasteiger partial charge >= 0.3 is 43.0 Å². The number of aliphatic imine (C=N–C) groups is 1. The van der Waals surface area contributed by atoms with Crippen molar-refractivity contribution in [1.29, 1.82) is 0 Å². The van der Waals surface area contributed by atoms with Crippen LogP contribution in [0.1, 0.15) is 62.7 Å². The lowest BCUT2D eigenvalue weighted by molar-refractivity contribution is 0.392. The molecule has 0 spiro atoms. The number of hydrogen-bond acceptors (Lipinski definition) is 11. The molecule has 0 aliphatic carbocycles. The Morgan fingerprint density at radius 1 is 0.962 bits per heavy atom. The van der Waals surface area contributed by atoms with Crippen molar-refractivity contribution >= 4 is 84.1 Å². The standard InChI is InChI=1S/C31H54B6N8O7/c1-34(48)41-30(40-32-23-46)39-16-9-7-5-6-8-10-19-44(36(3)50)31(42-35(2)49)45(37(4)51)20-11-13-27-22-26-21-25(14-15-28(26)52-27)29-38-17-12-18-43(29)33-24-47/h14-15,21-24,32-33,48-51H,5-13,16-20H2,1-4H3,(H2,39,40,41)/b42-31+. The van der Waals surface area contributed by atoms with E-state index in [0.29, 0.717) is 58.0 Å². The number of benzene rings is 1. The molecule has 0 saturated carbocycles. The van der Waals surface area contributed by atoms with E-state index >= 15 is 0 Å². The largest absolute Gasteiger partial charge is 0.461 e. The van der Waals surface area contributed by atoms with E-state index in [9.17, 15) is 29.7 Å². The Kier molecular flexibility index (Phi) is 19.0. The number of rotatable bonds is 22. The molecule has 6 N–H and O–H groups in total. The Hall–Kier alpha value is -3.66. The number of aryl methyl sites for hydroxylation is 1. The van der Waals surface area contributed by atoms with Crippen molar-refractivity contribution in [3.63, 3.8) is 0 Å². The first-order chi connectivity index (χ1) is 25.0. The van der Waals surface area contributed by atoms with Crippen LogP contribution in [0.25, 0.3) is 11.0 Å². The average Bonchev–Trinajstić information content (AvgIpc) is 3.51. The molecule has 1 aromatic heterocycles. The van der Waals surface area contributed by atoms with E-state index in [2.05, 4.69) is 25.3 Å². The highest BCUT2D eigenvalue weighted by molar-refractivity contribution is 6.67. The van der Waals surface area contributed by atoms with Crippen molar-refractivity contribution in [2.24, 2.45) is 14.8 Å². The van der Waals surface area contributed by atoms with Crippen LogP contribution in [-0.4, -0.2) is 140 Å². The van der Waals surface area contributed by atoms with E-state index in [1.54, 1.807) is 36.9 Å². The molecule has 0 unspecified atom stereocenters. The van der Waals surface area contributed by atoms with Crippen LogP contribution in [0, 0.1) is 0 Å². The third kappa shape index (κ3) is 14.4. The van der Waals surface area contributed by atoms with Gasteiger partial charge in [-0.25, -0.2) is 0 Å². The molecular formula is C31H54B6N8O7. The molecule has 3 rings (SSSR count). The molecule has 1 aliphatic rings. The lowest BCUT2D eigenvalue weighted by atomic mass is 9.80. The zero-order chi connectivity index (χ0) is 37.9. The molecule has 2 heterocycles. The minimum Gasteiger partial charge on any atom is -0.461 e. The fourth-order valence-corrected chi connectivity index (χ4v) is 6.17. The molecule has 0 radical (unpaired) electrons. The van der Waals surface area contributed by atoms with Crippen LogP contribution >= 0.6 is 0 Å². The Labute approximate surface area is 310 Å². The second-order valence-electron chi connectivity index (χ2n) is 13.2. The number of fused-ring (bicyclic) bond motifs is 1. The van der Waals surface area contributed by atoms with Gasteiger partial charge in [-0.15, -0.1) is 0 Å². The molecule has 0 fully saturated rings. The first-order valence-corrected chi connectivity index (χ1v) is 18.6. The molecule has 21 heteroatoms. The number of hydrogen-bond donors (Lipinski definition) is 6. The molecule has 0 bridgehead atoms. The summed E-state index contributed by atoms with van der Waals surface area (Å²) in [7, 11) is -3.29. The van der Waals surface area contributed by atoms with E-state index < -0.39 is 28.2 Å². The minimum absolute atomic E-state index is 0.0238. The van der Waals surface area contributed by atoms with Gasteiger partial charge in [-0.1, -0.05) is 25.7 Å². The van der Waals surface area contributed by atoms with Crippen LogP contribution in [0.5, 0.6) is 0 Å². The fourth-order valence-electron chi connectivity index (χ4n) is 6.17. The van der Waals surface area contributed by atoms with Crippen LogP contribution in [-0.2, 0) is 16.0 Å². The highest BCUT2D eigenvalue weighted by Gasteiger charge is 2.30. The highest BCUT2D eigenvalue weighted by atomic mass is 16.3. The monoisotopic (exact) mass is 716 g/mol. The molecule has 52 heavy (non-hydrogen) atoms. The summed E-state index contributed by atoms with van der Waals surface area (Å²) < 4.78 is 6.14. The normalized spacial score (nSPS) is 13.3. The van der Waals surface area contributed by atoms with Gasteiger partial charge in [-0.2, -0.15) is 0 Å². The zero-order valence-corrected chi connectivity index (χ0v) is 31.3. The maximum Gasteiger partial charge on any atom is 0.431 e. The summed E-state index contributed by atoms with van der Waals surface area (Å²) in [4.78, 5) is 40.4. The summed E-state index contributed by atoms with van der Waals surface area (Å²) in [6, 6.07) is 7.96. The highest BCUT2D eigenvalue weighted by Crippen LogP contribution is 2.24. The maximum absolute atomic E-state index is 11.2.